The van der Waals surface area contributed by atoms with Crippen molar-refractivity contribution >= 4 is 6.03 Å². The average molecular weight is 355 g/mol. The first-order chi connectivity index (χ1) is 12.6. The average Bonchev–Trinajstić information content (AvgIpc) is 2.94. The quantitative estimate of drug-likeness (QED) is 0.843. The highest BCUT2D eigenvalue weighted by Gasteiger charge is 2.16. The second kappa shape index (κ2) is 8.30. The zero-order valence-corrected chi connectivity index (χ0v) is 16.0. The number of methoxy groups -OCH3 is 1. The molecule has 1 heterocycles. The van der Waals surface area contributed by atoms with Crippen LogP contribution >= 0.6 is 0 Å². The van der Waals surface area contributed by atoms with Gasteiger partial charge in [0.15, 0.2) is 0 Å². The maximum atomic E-state index is 12.2. The molecule has 0 spiro atoms. The number of hydrogen-bond acceptors (Lipinski definition) is 2. The Bertz CT molecular complexity index is 743. The monoisotopic (exact) mass is 355 g/mol. The van der Waals surface area contributed by atoms with E-state index in [1.54, 1.807) is 7.11 Å². The Morgan fingerprint density at radius 1 is 1.15 bits per heavy atom. The summed E-state index contributed by atoms with van der Waals surface area (Å²) in [6.07, 6.45) is 5.91. The lowest BCUT2D eigenvalue weighted by Crippen LogP contribution is -2.42. The van der Waals surface area contributed by atoms with Crippen molar-refractivity contribution in [1.82, 2.24) is 15.2 Å². The van der Waals surface area contributed by atoms with Gasteiger partial charge in [-0.05, 0) is 62.6 Å². The molecule has 0 unspecified atom stereocenters. The number of nitrogens with zero attached hydrogens (tertiary/aromatic N) is 1. The molecule has 0 bridgehead atoms. The zero-order valence-electron chi connectivity index (χ0n) is 16.0. The highest BCUT2D eigenvalue weighted by Crippen LogP contribution is 2.23. The first-order valence-corrected chi connectivity index (χ1v) is 9.45. The molecule has 1 fully saturated rings. The molecule has 5 nitrogen and oxygen atoms in total. The van der Waals surface area contributed by atoms with Crippen LogP contribution in [0.1, 0.15) is 49.1 Å². The number of amides is 2. The highest BCUT2D eigenvalue weighted by atomic mass is 16.5. The minimum absolute atomic E-state index is 0.0637. The lowest BCUT2D eigenvalue weighted by Gasteiger charge is -2.22. The molecule has 5 heteroatoms. The van der Waals surface area contributed by atoms with Gasteiger partial charge in [-0.15, -0.1) is 0 Å². The van der Waals surface area contributed by atoms with Gasteiger partial charge in [-0.3, -0.25) is 0 Å². The zero-order chi connectivity index (χ0) is 18.5. The second-order valence-electron chi connectivity index (χ2n) is 7.09. The van der Waals surface area contributed by atoms with Crippen LogP contribution in [0.25, 0.3) is 5.69 Å². The van der Waals surface area contributed by atoms with E-state index >= 15 is 0 Å². The number of benzene rings is 1. The Morgan fingerprint density at radius 2 is 1.85 bits per heavy atom. The molecule has 140 valence electrons. The van der Waals surface area contributed by atoms with Crippen LogP contribution in [0, 0.1) is 13.8 Å². The number of rotatable bonds is 5. The summed E-state index contributed by atoms with van der Waals surface area (Å²) in [6, 6.07) is 10.4. The first kappa shape index (κ1) is 18.4. The third-order valence-electron chi connectivity index (χ3n) is 5.25. The minimum atomic E-state index is -0.0637. The van der Waals surface area contributed by atoms with Gasteiger partial charge >= 0.3 is 6.03 Å². The topological polar surface area (TPSA) is 55.3 Å². The summed E-state index contributed by atoms with van der Waals surface area (Å²) in [5.74, 6) is 0.845. The molecule has 1 aromatic carbocycles. The lowest BCUT2D eigenvalue weighted by atomic mass is 9.96. The van der Waals surface area contributed by atoms with Crippen molar-refractivity contribution in [2.45, 2.75) is 58.5 Å². The number of hydrogen-bond donors (Lipinski definition) is 2. The summed E-state index contributed by atoms with van der Waals surface area (Å²) in [5, 5.41) is 6.12. The van der Waals surface area contributed by atoms with Gasteiger partial charge in [0, 0.05) is 29.7 Å². The number of ether oxygens (including phenoxy) is 1. The predicted octanol–water partition coefficient (Wildman–Crippen LogP) is 4.23. The van der Waals surface area contributed by atoms with E-state index in [2.05, 4.69) is 35.1 Å². The summed E-state index contributed by atoms with van der Waals surface area (Å²) in [6.45, 7) is 4.71. The predicted molar refractivity (Wildman–Crippen MR) is 104 cm³/mol. The molecule has 2 aromatic rings. The number of urea groups is 1. The SMILES string of the molecule is COc1ccc(-n2c(C)cc(CNC(=O)NC3CCCCC3)c2C)cc1. The summed E-state index contributed by atoms with van der Waals surface area (Å²) in [5.41, 5.74) is 4.53. The van der Waals surface area contributed by atoms with Crippen molar-refractivity contribution in [2.24, 2.45) is 0 Å². The van der Waals surface area contributed by atoms with E-state index in [1.807, 2.05) is 24.3 Å². The van der Waals surface area contributed by atoms with Gasteiger partial charge in [0.25, 0.3) is 0 Å². The number of nitrogens with one attached hydrogen (secondary N) is 2. The van der Waals surface area contributed by atoms with Gasteiger partial charge in [0.05, 0.1) is 7.11 Å². The molecule has 0 atom stereocenters. The van der Waals surface area contributed by atoms with Crippen LogP contribution in [-0.4, -0.2) is 23.7 Å². The Labute approximate surface area is 155 Å². The highest BCUT2D eigenvalue weighted by molar-refractivity contribution is 5.74. The van der Waals surface area contributed by atoms with Gasteiger partial charge in [0.1, 0.15) is 5.75 Å². The van der Waals surface area contributed by atoms with Crippen molar-refractivity contribution in [3.63, 3.8) is 0 Å². The van der Waals surface area contributed by atoms with Crippen LogP contribution in [0.3, 0.4) is 0 Å². The summed E-state index contributed by atoms with van der Waals surface area (Å²) >= 11 is 0. The third kappa shape index (κ3) is 4.21. The molecule has 0 radical (unpaired) electrons. The Balaban J connectivity index is 1.64. The fourth-order valence-electron chi connectivity index (χ4n) is 3.80. The molecule has 0 aliphatic heterocycles. The van der Waals surface area contributed by atoms with Crippen molar-refractivity contribution in [3.05, 3.63) is 47.3 Å². The second-order valence-corrected chi connectivity index (χ2v) is 7.09. The Hall–Kier alpha value is -2.43. The van der Waals surface area contributed by atoms with Crippen LogP contribution in [0.15, 0.2) is 30.3 Å². The number of aryl methyl sites for hydroxylation is 1. The van der Waals surface area contributed by atoms with Gasteiger partial charge in [-0.25, -0.2) is 4.79 Å². The normalized spacial score (nSPS) is 14.9. The van der Waals surface area contributed by atoms with Crippen LogP contribution in [0.4, 0.5) is 4.79 Å². The minimum Gasteiger partial charge on any atom is -0.497 e. The van der Waals surface area contributed by atoms with E-state index in [1.165, 1.54) is 19.3 Å². The first-order valence-electron chi connectivity index (χ1n) is 9.45. The van der Waals surface area contributed by atoms with Crippen LogP contribution in [-0.2, 0) is 6.54 Å². The molecule has 1 saturated carbocycles. The van der Waals surface area contributed by atoms with Crippen LogP contribution < -0.4 is 15.4 Å². The molecule has 1 aliphatic carbocycles. The standard InChI is InChI=1S/C21H29N3O2/c1-15-13-17(14-22-21(25)23-18-7-5-4-6-8-18)16(2)24(15)19-9-11-20(26-3)12-10-19/h9-13,18H,4-8,14H2,1-3H3,(H2,22,23,25). The van der Waals surface area contributed by atoms with Gasteiger partial charge in [-0.1, -0.05) is 19.3 Å². The number of aromatic nitrogens is 1. The van der Waals surface area contributed by atoms with Gasteiger partial charge < -0.3 is 19.9 Å². The van der Waals surface area contributed by atoms with Gasteiger partial charge in [-0.2, -0.15) is 0 Å². The third-order valence-corrected chi connectivity index (χ3v) is 5.25. The maximum absolute atomic E-state index is 12.2. The summed E-state index contributed by atoms with van der Waals surface area (Å²) in [7, 11) is 1.67. The van der Waals surface area contributed by atoms with Crippen molar-refractivity contribution in [3.8, 4) is 11.4 Å². The Morgan fingerprint density at radius 3 is 2.50 bits per heavy atom. The van der Waals surface area contributed by atoms with Crippen LogP contribution in [0.5, 0.6) is 5.75 Å². The summed E-state index contributed by atoms with van der Waals surface area (Å²) < 4.78 is 7.44. The van der Waals surface area contributed by atoms with E-state index in [-0.39, 0.29) is 6.03 Å². The summed E-state index contributed by atoms with van der Waals surface area (Å²) in [4.78, 5) is 12.2. The molecule has 2 N–H and O–H groups in total. The molecule has 2 amide bonds. The fraction of sp³-hybridized carbons (Fsp3) is 0.476. The van der Waals surface area contributed by atoms with Gasteiger partial charge in [0.2, 0.25) is 0 Å². The van der Waals surface area contributed by atoms with Crippen molar-refractivity contribution < 1.29 is 9.53 Å². The van der Waals surface area contributed by atoms with Crippen LogP contribution in [0.2, 0.25) is 0 Å². The van der Waals surface area contributed by atoms with E-state index in [0.717, 1.165) is 41.2 Å². The molecule has 26 heavy (non-hydrogen) atoms. The number of carbonyl (C=O) groups is 1. The van der Waals surface area contributed by atoms with E-state index in [4.69, 9.17) is 4.74 Å². The lowest BCUT2D eigenvalue weighted by molar-refractivity contribution is 0.232. The van der Waals surface area contributed by atoms with E-state index < -0.39 is 0 Å². The van der Waals surface area contributed by atoms with Crippen molar-refractivity contribution in [1.29, 1.82) is 0 Å². The smallest absolute Gasteiger partial charge is 0.315 e. The maximum Gasteiger partial charge on any atom is 0.315 e. The number of carbonyl (C=O) groups excluding carboxylic acids is 1. The Kier molecular flexibility index (Phi) is 5.86. The van der Waals surface area contributed by atoms with E-state index in [0.29, 0.717) is 12.6 Å². The fourth-order valence-corrected chi connectivity index (χ4v) is 3.80. The molecular formula is C21H29N3O2. The molecule has 0 saturated heterocycles. The van der Waals surface area contributed by atoms with E-state index in [9.17, 15) is 4.79 Å². The largest absolute Gasteiger partial charge is 0.497 e. The molecule has 3 rings (SSSR count). The molecule has 1 aromatic heterocycles. The molecular weight excluding hydrogens is 326 g/mol. The van der Waals surface area contributed by atoms with Crippen molar-refractivity contribution in [2.75, 3.05) is 7.11 Å². The molecule has 1 aliphatic rings.